The molecule has 1 N–H and O–H groups in total. The molecule has 0 radical (unpaired) electrons. The molecule has 150 valence electrons. The number of hydrogen-bond donors (Lipinski definition) is 1. The van der Waals surface area contributed by atoms with Crippen molar-refractivity contribution in [3.8, 4) is 0 Å². The highest BCUT2D eigenvalue weighted by Crippen LogP contribution is 2.19. The van der Waals surface area contributed by atoms with E-state index >= 15 is 0 Å². The molecule has 2 rings (SSSR count). The number of carbonyl (C=O) groups is 2. The summed E-state index contributed by atoms with van der Waals surface area (Å²) in [6.07, 6.45) is 0. The summed E-state index contributed by atoms with van der Waals surface area (Å²) < 4.78 is 5.48. The fourth-order valence-corrected chi connectivity index (χ4v) is 3.37. The van der Waals surface area contributed by atoms with Crippen LogP contribution in [0.5, 0.6) is 0 Å². The quantitative estimate of drug-likeness (QED) is 0.472. The lowest BCUT2D eigenvalue weighted by atomic mass is 10.0. The van der Waals surface area contributed by atoms with E-state index in [4.69, 9.17) is 4.74 Å². The Kier molecular flexibility index (Phi) is 7.78. The SMILES string of the molecule is CC(C)(C)OC(=O)CN(Cc1ccccc1)Cc1ccc(C(=O)O)cc1CBr. The fraction of sp³-hybridized carbons (Fsp3) is 0.364. The highest BCUT2D eigenvalue weighted by molar-refractivity contribution is 9.08. The molecule has 0 atom stereocenters. The summed E-state index contributed by atoms with van der Waals surface area (Å²) >= 11 is 3.44. The van der Waals surface area contributed by atoms with E-state index < -0.39 is 11.6 Å². The van der Waals surface area contributed by atoms with E-state index in [1.54, 1.807) is 12.1 Å². The van der Waals surface area contributed by atoms with Crippen molar-refractivity contribution < 1.29 is 19.4 Å². The summed E-state index contributed by atoms with van der Waals surface area (Å²) in [6.45, 7) is 6.78. The van der Waals surface area contributed by atoms with Gasteiger partial charge >= 0.3 is 11.9 Å². The van der Waals surface area contributed by atoms with Crippen molar-refractivity contribution in [3.63, 3.8) is 0 Å². The molecule has 0 saturated carbocycles. The summed E-state index contributed by atoms with van der Waals surface area (Å²) in [5, 5.41) is 9.75. The maximum absolute atomic E-state index is 12.4. The van der Waals surface area contributed by atoms with Gasteiger partial charge in [0.15, 0.2) is 0 Å². The molecule has 28 heavy (non-hydrogen) atoms. The van der Waals surface area contributed by atoms with Crippen LogP contribution in [0.4, 0.5) is 0 Å². The van der Waals surface area contributed by atoms with Crippen LogP contribution >= 0.6 is 15.9 Å². The van der Waals surface area contributed by atoms with Gasteiger partial charge in [-0.1, -0.05) is 52.3 Å². The minimum absolute atomic E-state index is 0.147. The van der Waals surface area contributed by atoms with Crippen molar-refractivity contribution in [2.45, 2.75) is 44.8 Å². The minimum Gasteiger partial charge on any atom is -0.478 e. The van der Waals surface area contributed by atoms with Gasteiger partial charge in [0.1, 0.15) is 5.60 Å². The van der Waals surface area contributed by atoms with Crippen molar-refractivity contribution >= 4 is 27.9 Å². The lowest BCUT2D eigenvalue weighted by molar-refractivity contribution is -0.156. The van der Waals surface area contributed by atoms with E-state index in [1.165, 1.54) is 0 Å². The Morgan fingerprint density at radius 1 is 1.04 bits per heavy atom. The summed E-state index contributed by atoms with van der Waals surface area (Å²) in [4.78, 5) is 25.6. The summed E-state index contributed by atoms with van der Waals surface area (Å²) in [5.41, 5.74) is 2.66. The molecule has 2 aromatic rings. The van der Waals surface area contributed by atoms with Crippen LogP contribution in [0.25, 0.3) is 0 Å². The van der Waals surface area contributed by atoms with Crippen LogP contribution in [-0.2, 0) is 28.0 Å². The Hall–Kier alpha value is -2.18. The molecule has 0 spiro atoms. The Morgan fingerprint density at radius 3 is 2.29 bits per heavy atom. The van der Waals surface area contributed by atoms with Gasteiger partial charge in [-0.05, 0) is 49.6 Å². The summed E-state index contributed by atoms with van der Waals surface area (Å²) in [5.74, 6) is -1.24. The predicted molar refractivity (Wildman–Crippen MR) is 112 cm³/mol. The van der Waals surface area contributed by atoms with Crippen molar-refractivity contribution in [2.24, 2.45) is 0 Å². The van der Waals surface area contributed by atoms with Crippen LogP contribution in [0.3, 0.4) is 0 Å². The molecular weight excluding hydrogens is 422 g/mol. The third-order valence-electron chi connectivity index (χ3n) is 4.01. The van der Waals surface area contributed by atoms with E-state index in [0.29, 0.717) is 18.4 Å². The Balaban J connectivity index is 2.23. The van der Waals surface area contributed by atoms with Crippen molar-refractivity contribution in [1.29, 1.82) is 0 Å². The Labute approximate surface area is 174 Å². The maximum Gasteiger partial charge on any atom is 0.335 e. The second-order valence-electron chi connectivity index (χ2n) is 7.64. The third kappa shape index (κ3) is 7.09. The second-order valence-corrected chi connectivity index (χ2v) is 8.20. The van der Waals surface area contributed by atoms with Gasteiger partial charge in [-0.15, -0.1) is 0 Å². The number of carboxylic acid groups (broad SMARTS) is 1. The molecule has 0 unspecified atom stereocenters. The molecule has 5 nitrogen and oxygen atoms in total. The van der Waals surface area contributed by atoms with E-state index in [9.17, 15) is 14.7 Å². The first-order valence-corrected chi connectivity index (χ1v) is 10.2. The molecule has 0 saturated heterocycles. The Morgan fingerprint density at radius 2 is 1.71 bits per heavy atom. The number of aromatic carboxylic acids is 1. The van der Waals surface area contributed by atoms with Crippen LogP contribution in [-0.4, -0.2) is 34.1 Å². The third-order valence-corrected chi connectivity index (χ3v) is 4.62. The first kappa shape index (κ1) is 22.1. The topological polar surface area (TPSA) is 66.8 Å². The summed E-state index contributed by atoms with van der Waals surface area (Å²) in [6, 6.07) is 15.0. The molecule has 0 aliphatic rings. The normalized spacial score (nSPS) is 11.5. The fourth-order valence-electron chi connectivity index (χ4n) is 2.84. The lowest BCUT2D eigenvalue weighted by Gasteiger charge is -2.26. The van der Waals surface area contributed by atoms with E-state index in [1.807, 2.05) is 62.1 Å². The second kappa shape index (κ2) is 9.85. The van der Waals surface area contributed by atoms with Gasteiger partial charge in [-0.2, -0.15) is 0 Å². The smallest absolute Gasteiger partial charge is 0.335 e. The van der Waals surface area contributed by atoms with Gasteiger partial charge in [-0.25, -0.2) is 4.79 Å². The maximum atomic E-state index is 12.4. The molecule has 0 bridgehead atoms. The number of rotatable bonds is 8. The van der Waals surface area contributed by atoms with Crippen molar-refractivity contribution in [1.82, 2.24) is 4.90 Å². The van der Waals surface area contributed by atoms with Crippen LogP contribution in [0.2, 0.25) is 0 Å². The van der Waals surface area contributed by atoms with Gasteiger partial charge < -0.3 is 9.84 Å². The van der Waals surface area contributed by atoms with Gasteiger partial charge in [0, 0.05) is 18.4 Å². The molecular formula is C22H26BrNO4. The molecule has 6 heteroatoms. The molecule has 2 aromatic carbocycles. The minimum atomic E-state index is -0.955. The number of esters is 1. The first-order chi connectivity index (χ1) is 13.2. The molecule has 0 aliphatic carbocycles. The summed E-state index contributed by atoms with van der Waals surface area (Å²) in [7, 11) is 0. The molecule has 0 aromatic heterocycles. The van der Waals surface area contributed by atoms with E-state index in [2.05, 4.69) is 15.9 Å². The number of carboxylic acids is 1. The average Bonchev–Trinajstić information content (AvgIpc) is 2.61. The van der Waals surface area contributed by atoms with E-state index in [-0.39, 0.29) is 18.1 Å². The number of halogens is 1. The predicted octanol–water partition coefficient (Wildman–Crippen LogP) is 4.62. The van der Waals surface area contributed by atoms with Crippen LogP contribution in [0, 0.1) is 0 Å². The van der Waals surface area contributed by atoms with Crippen LogP contribution in [0.1, 0.15) is 47.8 Å². The zero-order chi connectivity index (χ0) is 20.7. The highest BCUT2D eigenvalue weighted by Gasteiger charge is 2.20. The first-order valence-electron chi connectivity index (χ1n) is 9.07. The van der Waals surface area contributed by atoms with Gasteiger partial charge in [-0.3, -0.25) is 9.69 Å². The lowest BCUT2D eigenvalue weighted by Crippen LogP contribution is -2.34. The van der Waals surface area contributed by atoms with Gasteiger partial charge in [0.2, 0.25) is 0 Å². The highest BCUT2D eigenvalue weighted by atomic mass is 79.9. The molecule has 0 fully saturated rings. The van der Waals surface area contributed by atoms with Crippen molar-refractivity contribution in [2.75, 3.05) is 6.54 Å². The number of ether oxygens (including phenoxy) is 1. The number of carbonyl (C=O) groups excluding carboxylic acids is 1. The monoisotopic (exact) mass is 447 g/mol. The van der Waals surface area contributed by atoms with Gasteiger partial charge in [0.25, 0.3) is 0 Å². The molecule has 0 amide bonds. The number of hydrogen-bond acceptors (Lipinski definition) is 4. The van der Waals surface area contributed by atoms with Gasteiger partial charge in [0.05, 0.1) is 12.1 Å². The van der Waals surface area contributed by atoms with Crippen LogP contribution in [0.15, 0.2) is 48.5 Å². The standard InChI is InChI=1S/C22H26BrNO4/c1-22(2,3)28-20(25)15-24(13-16-7-5-4-6-8-16)14-18-10-9-17(21(26)27)11-19(18)12-23/h4-11H,12-15H2,1-3H3,(H,26,27). The largest absolute Gasteiger partial charge is 0.478 e. The zero-order valence-corrected chi connectivity index (χ0v) is 18.0. The number of benzene rings is 2. The van der Waals surface area contributed by atoms with Crippen LogP contribution < -0.4 is 0 Å². The molecule has 0 heterocycles. The average molecular weight is 448 g/mol. The van der Waals surface area contributed by atoms with E-state index in [0.717, 1.165) is 16.7 Å². The Bertz CT molecular complexity index is 815. The number of nitrogens with zero attached hydrogens (tertiary/aromatic N) is 1. The molecule has 0 aliphatic heterocycles. The zero-order valence-electron chi connectivity index (χ0n) is 16.4. The number of alkyl halides is 1. The van der Waals surface area contributed by atoms with Crippen molar-refractivity contribution in [3.05, 3.63) is 70.8 Å².